The SMILES string of the molecule is CCOc1ccc(CNCC(F)F)cc1OCC. The van der Waals surface area contributed by atoms with E-state index in [1.807, 2.05) is 26.0 Å². The van der Waals surface area contributed by atoms with E-state index < -0.39 is 6.43 Å². The lowest BCUT2D eigenvalue weighted by Crippen LogP contribution is -2.20. The summed E-state index contributed by atoms with van der Waals surface area (Å²) in [5.41, 5.74) is 0.891. The molecular formula is C13H19F2NO2. The van der Waals surface area contributed by atoms with Crippen LogP contribution in [0.5, 0.6) is 11.5 Å². The van der Waals surface area contributed by atoms with E-state index in [1.165, 1.54) is 0 Å². The third kappa shape index (κ3) is 4.87. The van der Waals surface area contributed by atoms with Crippen LogP contribution in [0.25, 0.3) is 0 Å². The Hall–Kier alpha value is -1.36. The molecule has 0 aliphatic heterocycles. The molecule has 3 nitrogen and oxygen atoms in total. The van der Waals surface area contributed by atoms with E-state index in [1.54, 1.807) is 6.07 Å². The fourth-order valence-electron chi connectivity index (χ4n) is 1.53. The molecule has 102 valence electrons. The van der Waals surface area contributed by atoms with Gasteiger partial charge in [-0.2, -0.15) is 0 Å². The molecule has 0 amide bonds. The van der Waals surface area contributed by atoms with Gasteiger partial charge in [0.25, 0.3) is 6.43 Å². The summed E-state index contributed by atoms with van der Waals surface area (Å²) in [5.74, 6) is 1.33. The maximum Gasteiger partial charge on any atom is 0.250 e. The molecule has 0 saturated carbocycles. The molecular weight excluding hydrogens is 240 g/mol. The number of nitrogens with one attached hydrogen (secondary N) is 1. The first kappa shape index (κ1) is 14.7. The molecule has 1 rings (SSSR count). The number of halogens is 2. The van der Waals surface area contributed by atoms with E-state index in [4.69, 9.17) is 9.47 Å². The fraction of sp³-hybridized carbons (Fsp3) is 0.538. The first-order valence-corrected chi connectivity index (χ1v) is 6.04. The van der Waals surface area contributed by atoms with Crippen molar-refractivity contribution in [1.29, 1.82) is 0 Å². The summed E-state index contributed by atoms with van der Waals surface area (Å²) in [6, 6.07) is 5.45. The number of alkyl halides is 2. The Labute approximate surface area is 106 Å². The summed E-state index contributed by atoms with van der Waals surface area (Å²) in [4.78, 5) is 0. The quantitative estimate of drug-likeness (QED) is 0.778. The van der Waals surface area contributed by atoms with Gasteiger partial charge < -0.3 is 14.8 Å². The van der Waals surface area contributed by atoms with Crippen LogP contribution < -0.4 is 14.8 Å². The molecule has 0 atom stereocenters. The Balaban J connectivity index is 2.66. The van der Waals surface area contributed by atoms with Crippen molar-refractivity contribution in [1.82, 2.24) is 5.32 Å². The predicted molar refractivity (Wildman–Crippen MR) is 66.5 cm³/mol. The second-order valence-electron chi connectivity index (χ2n) is 3.67. The average molecular weight is 259 g/mol. The van der Waals surface area contributed by atoms with E-state index >= 15 is 0 Å². The Bertz CT molecular complexity index is 359. The number of rotatable bonds is 8. The van der Waals surface area contributed by atoms with Crippen molar-refractivity contribution in [3.8, 4) is 11.5 Å². The highest BCUT2D eigenvalue weighted by molar-refractivity contribution is 5.43. The Morgan fingerprint density at radius 3 is 2.39 bits per heavy atom. The first-order valence-electron chi connectivity index (χ1n) is 6.04. The van der Waals surface area contributed by atoms with Gasteiger partial charge in [-0.05, 0) is 31.5 Å². The lowest BCUT2D eigenvalue weighted by molar-refractivity contribution is 0.145. The van der Waals surface area contributed by atoms with Crippen molar-refractivity contribution in [2.24, 2.45) is 0 Å². The standard InChI is InChI=1S/C13H19F2NO2/c1-3-17-11-6-5-10(7-12(11)18-4-2)8-16-9-13(14)15/h5-7,13,16H,3-4,8-9H2,1-2H3. The van der Waals surface area contributed by atoms with Gasteiger partial charge >= 0.3 is 0 Å². The van der Waals surface area contributed by atoms with Crippen molar-refractivity contribution >= 4 is 0 Å². The molecule has 1 N–H and O–H groups in total. The lowest BCUT2D eigenvalue weighted by Gasteiger charge is -2.12. The maximum atomic E-state index is 12.0. The Morgan fingerprint density at radius 1 is 1.11 bits per heavy atom. The average Bonchev–Trinajstić information content (AvgIpc) is 2.32. The summed E-state index contributed by atoms with van der Waals surface area (Å²) in [7, 11) is 0. The minimum absolute atomic E-state index is 0.308. The monoisotopic (exact) mass is 259 g/mol. The van der Waals surface area contributed by atoms with Crippen molar-refractivity contribution in [3.05, 3.63) is 23.8 Å². The third-order valence-electron chi connectivity index (χ3n) is 2.24. The molecule has 0 unspecified atom stereocenters. The summed E-state index contributed by atoms with van der Waals surface area (Å²) < 4.78 is 34.9. The highest BCUT2D eigenvalue weighted by atomic mass is 19.3. The molecule has 0 aliphatic carbocycles. The zero-order valence-corrected chi connectivity index (χ0v) is 10.7. The molecule has 0 radical (unpaired) electrons. The largest absolute Gasteiger partial charge is 0.490 e. The van der Waals surface area contributed by atoms with Gasteiger partial charge in [-0.3, -0.25) is 0 Å². The van der Waals surface area contributed by atoms with Crippen molar-refractivity contribution in [2.45, 2.75) is 26.8 Å². The molecule has 0 aromatic heterocycles. The van der Waals surface area contributed by atoms with E-state index in [9.17, 15) is 8.78 Å². The molecule has 0 fully saturated rings. The molecule has 5 heteroatoms. The molecule has 0 bridgehead atoms. The van der Waals surface area contributed by atoms with Crippen molar-refractivity contribution < 1.29 is 18.3 Å². The fourth-order valence-corrected chi connectivity index (χ4v) is 1.53. The van der Waals surface area contributed by atoms with Gasteiger partial charge in [0, 0.05) is 6.54 Å². The van der Waals surface area contributed by atoms with Crippen LogP contribution in [0.4, 0.5) is 8.78 Å². The van der Waals surface area contributed by atoms with E-state index in [-0.39, 0.29) is 6.54 Å². The molecule has 0 heterocycles. The predicted octanol–water partition coefficient (Wildman–Crippen LogP) is 2.84. The Kier molecular flexibility index (Phi) is 6.43. The van der Waals surface area contributed by atoms with E-state index in [2.05, 4.69) is 5.32 Å². The third-order valence-corrected chi connectivity index (χ3v) is 2.24. The maximum absolute atomic E-state index is 12.0. The van der Waals surface area contributed by atoms with Crippen LogP contribution in [-0.4, -0.2) is 26.2 Å². The molecule has 18 heavy (non-hydrogen) atoms. The summed E-state index contributed by atoms with van der Waals surface area (Å²) in [6.45, 7) is 4.95. The number of benzene rings is 1. The summed E-state index contributed by atoms with van der Waals surface area (Å²) in [5, 5.41) is 2.68. The van der Waals surface area contributed by atoms with Crippen LogP contribution in [0.15, 0.2) is 18.2 Å². The van der Waals surface area contributed by atoms with Crippen LogP contribution in [0.2, 0.25) is 0 Å². The van der Waals surface area contributed by atoms with Crippen LogP contribution >= 0.6 is 0 Å². The summed E-state index contributed by atoms with van der Waals surface area (Å²) >= 11 is 0. The zero-order valence-electron chi connectivity index (χ0n) is 10.7. The van der Waals surface area contributed by atoms with Gasteiger partial charge in [-0.25, -0.2) is 8.78 Å². The van der Waals surface area contributed by atoms with Gasteiger partial charge in [-0.1, -0.05) is 6.07 Å². The van der Waals surface area contributed by atoms with Crippen molar-refractivity contribution in [2.75, 3.05) is 19.8 Å². The van der Waals surface area contributed by atoms with Gasteiger partial charge in [0.15, 0.2) is 11.5 Å². The van der Waals surface area contributed by atoms with Crippen molar-refractivity contribution in [3.63, 3.8) is 0 Å². The van der Waals surface area contributed by atoms with Gasteiger partial charge in [0.05, 0.1) is 19.8 Å². The molecule has 1 aromatic rings. The molecule has 0 saturated heterocycles. The Morgan fingerprint density at radius 2 is 1.78 bits per heavy atom. The topological polar surface area (TPSA) is 30.5 Å². The highest BCUT2D eigenvalue weighted by Crippen LogP contribution is 2.28. The lowest BCUT2D eigenvalue weighted by atomic mass is 10.2. The van der Waals surface area contributed by atoms with E-state index in [0.29, 0.717) is 31.3 Å². The smallest absolute Gasteiger partial charge is 0.250 e. The second-order valence-corrected chi connectivity index (χ2v) is 3.67. The number of hydrogen-bond donors (Lipinski definition) is 1. The van der Waals surface area contributed by atoms with Gasteiger partial charge in [-0.15, -0.1) is 0 Å². The first-order chi connectivity index (χ1) is 8.67. The van der Waals surface area contributed by atoms with Gasteiger partial charge in [0.2, 0.25) is 0 Å². The van der Waals surface area contributed by atoms with Gasteiger partial charge in [0.1, 0.15) is 0 Å². The second kappa shape index (κ2) is 7.87. The normalized spacial score (nSPS) is 10.7. The number of ether oxygens (including phenoxy) is 2. The minimum atomic E-state index is -2.33. The van der Waals surface area contributed by atoms with E-state index in [0.717, 1.165) is 5.56 Å². The summed E-state index contributed by atoms with van der Waals surface area (Å²) in [6.07, 6.45) is -2.33. The highest BCUT2D eigenvalue weighted by Gasteiger charge is 2.07. The molecule has 0 aliphatic rings. The van der Waals surface area contributed by atoms with Crippen LogP contribution in [0.1, 0.15) is 19.4 Å². The zero-order chi connectivity index (χ0) is 13.4. The minimum Gasteiger partial charge on any atom is -0.490 e. The number of hydrogen-bond acceptors (Lipinski definition) is 3. The molecule has 1 aromatic carbocycles. The van der Waals surface area contributed by atoms with Crippen LogP contribution in [0.3, 0.4) is 0 Å². The van der Waals surface area contributed by atoms with Crippen LogP contribution in [-0.2, 0) is 6.54 Å². The van der Waals surface area contributed by atoms with Crippen LogP contribution in [0, 0.1) is 0 Å². The molecule has 0 spiro atoms.